The van der Waals surface area contributed by atoms with Crippen molar-refractivity contribution >= 4 is 11.6 Å². The first kappa shape index (κ1) is 14.8. The van der Waals surface area contributed by atoms with Crippen LogP contribution in [0.5, 0.6) is 5.75 Å². The van der Waals surface area contributed by atoms with Crippen LogP contribution in [0.2, 0.25) is 5.02 Å². The molecule has 1 atom stereocenters. The molecule has 4 heteroatoms. The molecular formula is C16H17ClFNO. The summed E-state index contributed by atoms with van der Waals surface area (Å²) in [4.78, 5) is 0. The lowest BCUT2D eigenvalue weighted by Crippen LogP contribution is -2.18. The lowest BCUT2D eigenvalue weighted by atomic mass is 10.1. The van der Waals surface area contributed by atoms with E-state index in [0.717, 1.165) is 5.56 Å². The minimum Gasteiger partial charge on any atom is -0.497 e. The second-order valence-corrected chi connectivity index (χ2v) is 5.05. The monoisotopic (exact) mass is 293 g/mol. The van der Waals surface area contributed by atoms with Crippen molar-refractivity contribution in [3.63, 3.8) is 0 Å². The highest BCUT2D eigenvalue weighted by molar-refractivity contribution is 6.30. The van der Waals surface area contributed by atoms with Crippen molar-refractivity contribution in [3.8, 4) is 5.75 Å². The summed E-state index contributed by atoms with van der Waals surface area (Å²) in [5, 5.41) is 4.00. The molecule has 0 amide bonds. The van der Waals surface area contributed by atoms with Crippen molar-refractivity contribution in [2.24, 2.45) is 0 Å². The molecule has 106 valence electrons. The van der Waals surface area contributed by atoms with E-state index in [1.165, 1.54) is 13.2 Å². The number of halogens is 2. The van der Waals surface area contributed by atoms with Gasteiger partial charge in [-0.15, -0.1) is 0 Å². The van der Waals surface area contributed by atoms with Gasteiger partial charge in [-0.3, -0.25) is 0 Å². The summed E-state index contributed by atoms with van der Waals surface area (Å²) >= 11 is 5.86. The molecule has 0 saturated heterocycles. The molecule has 0 heterocycles. The van der Waals surface area contributed by atoms with Crippen molar-refractivity contribution in [3.05, 3.63) is 64.4 Å². The molecule has 0 aliphatic heterocycles. The number of hydrogen-bond donors (Lipinski definition) is 1. The van der Waals surface area contributed by atoms with Gasteiger partial charge in [0.05, 0.1) is 7.11 Å². The molecule has 1 unspecified atom stereocenters. The minimum atomic E-state index is -0.264. The third-order valence-electron chi connectivity index (χ3n) is 3.23. The molecule has 0 aliphatic carbocycles. The van der Waals surface area contributed by atoms with E-state index in [4.69, 9.17) is 16.3 Å². The van der Waals surface area contributed by atoms with Gasteiger partial charge in [0, 0.05) is 29.2 Å². The van der Waals surface area contributed by atoms with Crippen LogP contribution in [-0.4, -0.2) is 7.11 Å². The Morgan fingerprint density at radius 1 is 1.20 bits per heavy atom. The van der Waals surface area contributed by atoms with Gasteiger partial charge in [0.2, 0.25) is 0 Å². The Labute approximate surface area is 123 Å². The molecule has 20 heavy (non-hydrogen) atoms. The van der Waals surface area contributed by atoms with E-state index in [1.807, 2.05) is 31.2 Å². The molecule has 2 aromatic carbocycles. The van der Waals surface area contributed by atoms with Gasteiger partial charge in [-0.1, -0.05) is 29.8 Å². The summed E-state index contributed by atoms with van der Waals surface area (Å²) in [6, 6.07) is 12.6. The molecule has 2 nitrogen and oxygen atoms in total. The van der Waals surface area contributed by atoms with Gasteiger partial charge in [0.15, 0.2) is 0 Å². The fourth-order valence-corrected chi connectivity index (χ4v) is 2.06. The molecule has 0 fully saturated rings. The quantitative estimate of drug-likeness (QED) is 0.885. The highest BCUT2D eigenvalue weighted by Crippen LogP contribution is 2.19. The van der Waals surface area contributed by atoms with Crippen LogP contribution in [0.1, 0.15) is 24.1 Å². The summed E-state index contributed by atoms with van der Waals surface area (Å²) in [5.74, 6) is 0.261. The van der Waals surface area contributed by atoms with E-state index in [1.54, 1.807) is 12.1 Å². The standard InChI is InChI=1S/C16H17ClFNO/c1-11(12-3-6-14(17)7-4-12)19-10-13-5-8-15(20-2)9-16(13)18/h3-9,11,19H,10H2,1-2H3. The molecule has 1 N–H and O–H groups in total. The highest BCUT2D eigenvalue weighted by Gasteiger charge is 2.08. The van der Waals surface area contributed by atoms with Crippen LogP contribution < -0.4 is 10.1 Å². The molecule has 0 aromatic heterocycles. The molecule has 0 saturated carbocycles. The molecular weight excluding hydrogens is 277 g/mol. The SMILES string of the molecule is COc1ccc(CNC(C)c2ccc(Cl)cc2)c(F)c1. The van der Waals surface area contributed by atoms with Crippen molar-refractivity contribution in [1.82, 2.24) is 5.32 Å². The Morgan fingerprint density at radius 3 is 2.50 bits per heavy atom. The van der Waals surface area contributed by atoms with E-state index < -0.39 is 0 Å². The van der Waals surface area contributed by atoms with E-state index in [0.29, 0.717) is 22.9 Å². The average Bonchev–Trinajstić information content (AvgIpc) is 2.46. The smallest absolute Gasteiger partial charge is 0.131 e. The third-order valence-corrected chi connectivity index (χ3v) is 3.48. The van der Waals surface area contributed by atoms with Crippen LogP contribution in [-0.2, 0) is 6.54 Å². The fraction of sp³-hybridized carbons (Fsp3) is 0.250. The zero-order valence-electron chi connectivity index (χ0n) is 11.5. The first-order valence-electron chi connectivity index (χ1n) is 6.41. The van der Waals surface area contributed by atoms with Gasteiger partial charge in [-0.05, 0) is 30.7 Å². The molecule has 0 spiro atoms. The van der Waals surface area contributed by atoms with Gasteiger partial charge in [0.25, 0.3) is 0 Å². The van der Waals surface area contributed by atoms with Crippen molar-refractivity contribution in [1.29, 1.82) is 0 Å². The zero-order valence-corrected chi connectivity index (χ0v) is 12.2. The number of nitrogens with one attached hydrogen (secondary N) is 1. The number of hydrogen-bond acceptors (Lipinski definition) is 2. The van der Waals surface area contributed by atoms with Crippen LogP contribution in [0.3, 0.4) is 0 Å². The van der Waals surface area contributed by atoms with Crippen LogP contribution in [0, 0.1) is 5.82 Å². The Balaban J connectivity index is 1.99. The van der Waals surface area contributed by atoms with E-state index in [-0.39, 0.29) is 11.9 Å². The van der Waals surface area contributed by atoms with Gasteiger partial charge in [-0.2, -0.15) is 0 Å². The summed E-state index contributed by atoms with van der Waals surface area (Å²) in [7, 11) is 1.52. The maximum atomic E-state index is 13.8. The predicted molar refractivity (Wildman–Crippen MR) is 79.7 cm³/mol. The summed E-state index contributed by atoms with van der Waals surface area (Å²) < 4.78 is 18.8. The van der Waals surface area contributed by atoms with E-state index in [9.17, 15) is 4.39 Å². The number of methoxy groups -OCH3 is 1. The van der Waals surface area contributed by atoms with Crippen molar-refractivity contribution < 1.29 is 9.13 Å². The average molecular weight is 294 g/mol. The maximum Gasteiger partial charge on any atom is 0.131 e. The molecule has 0 radical (unpaired) electrons. The molecule has 0 bridgehead atoms. The third kappa shape index (κ3) is 3.71. The molecule has 0 aliphatic rings. The van der Waals surface area contributed by atoms with Gasteiger partial charge < -0.3 is 10.1 Å². The van der Waals surface area contributed by atoms with Crippen LogP contribution in [0.4, 0.5) is 4.39 Å². The van der Waals surface area contributed by atoms with Gasteiger partial charge >= 0.3 is 0 Å². The molecule has 2 rings (SSSR count). The van der Waals surface area contributed by atoms with E-state index >= 15 is 0 Å². The largest absolute Gasteiger partial charge is 0.497 e. The van der Waals surface area contributed by atoms with Crippen LogP contribution >= 0.6 is 11.6 Å². The lowest BCUT2D eigenvalue weighted by molar-refractivity contribution is 0.410. The first-order chi connectivity index (χ1) is 9.60. The number of rotatable bonds is 5. The maximum absolute atomic E-state index is 13.8. The zero-order chi connectivity index (χ0) is 14.5. The predicted octanol–water partition coefficient (Wildman–Crippen LogP) is 4.34. The van der Waals surface area contributed by atoms with Gasteiger partial charge in [0.1, 0.15) is 11.6 Å². The summed E-state index contributed by atoms with van der Waals surface area (Å²) in [6.07, 6.45) is 0. The highest BCUT2D eigenvalue weighted by atomic mass is 35.5. The Morgan fingerprint density at radius 2 is 1.90 bits per heavy atom. The summed E-state index contributed by atoms with van der Waals surface area (Å²) in [5.41, 5.74) is 1.73. The Kier molecular flexibility index (Phi) is 4.99. The Bertz CT molecular complexity index is 571. The normalized spacial score (nSPS) is 12.2. The number of ether oxygens (including phenoxy) is 1. The first-order valence-corrected chi connectivity index (χ1v) is 6.79. The second-order valence-electron chi connectivity index (χ2n) is 4.61. The van der Waals surface area contributed by atoms with Gasteiger partial charge in [-0.25, -0.2) is 4.39 Å². The van der Waals surface area contributed by atoms with Crippen molar-refractivity contribution in [2.75, 3.05) is 7.11 Å². The summed E-state index contributed by atoms with van der Waals surface area (Å²) in [6.45, 7) is 2.49. The Hall–Kier alpha value is -1.58. The topological polar surface area (TPSA) is 21.3 Å². The molecule has 2 aromatic rings. The second kappa shape index (κ2) is 6.73. The number of benzene rings is 2. The minimum absolute atomic E-state index is 0.119. The van der Waals surface area contributed by atoms with Crippen LogP contribution in [0.15, 0.2) is 42.5 Å². The van der Waals surface area contributed by atoms with Crippen molar-refractivity contribution in [2.45, 2.75) is 19.5 Å². The lowest BCUT2D eigenvalue weighted by Gasteiger charge is -2.15. The fourth-order valence-electron chi connectivity index (χ4n) is 1.93. The van der Waals surface area contributed by atoms with E-state index in [2.05, 4.69) is 5.32 Å². The van der Waals surface area contributed by atoms with Crippen LogP contribution in [0.25, 0.3) is 0 Å².